The summed E-state index contributed by atoms with van der Waals surface area (Å²) in [7, 11) is 1.76. The Morgan fingerprint density at radius 1 is 1.13 bits per heavy atom. The maximum absolute atomic E-state index is 5.53. The van der Waals surface area contributed by atoms with Crippen LogP contribution in [0.5, 0.6) is 5.75 Å². The Hall–Kier alpha value is -1.80. The van der Waals surface area contributed by atoms with E-state index in [1.165, 1.54) is 29.5 Å². The number of methoxy groups -OCH3 is 1. The molecule has 120 valence electrons. The summed E-state index contributed by atoms with van der Waals surface area (Å²) < 4.78 is 5.53. The number of ether oxygens (including phenoxy) is 1. The summed E-state index contributed by atoms with van der Waals surface area (Å²) >= 11 is 0. The molecule has 3 unspecified atom stereocenters. The van der Waals surface area contributed by atoms with E-state index < -0.39 is 0 Å². The molecule has 0 aromatic heterocycles. The molecule has 2 nitrogen and oxygen atoms in total. The molecule has 2 aromatic carbocycles. The van der Waals surface area contributed by atoms with Crippen LogP contribution in [0.2, 0.25) is 0 Å². The van der Waals surface area contributed by atoms with Gasteiger partial charge in [0.15, 0.2) is 0 Å². The van der Waals surface area contributed by atoms with E-state index in [2.05, 4.69) is 60.8 Å². The van der Waals surface area contributed by atoms with Gasteiger partial charge in [0.25, 0.3) is 0 Å². The molecule has 0 saturated carbocycles. The van der Waals surface area contributed by atoms with Gasteiger partial charge in [-0.1, -0.05) is 43.3 Å². The molecule has 23 heavy (non-hydrogen) atoms. The molecule has 2 heteroatoms. The fourth-order valence-corrected chi connectivity index (χ4v) is 4.79. The molecule has 1 fully saturated rings. The Morgan fingerprint density at radius 2 is 1.96 bits per heavy atom. The minimum Gasteiger partial charge on any atom is -0.497 e. The topological polar surface area (TPSA) is 21.3 Å². The van der Waals surface area contributed by atoms with Gasteiger partial charge in [-0.25, -0.2) is 0 Å². The van der Waals surface area contributed by atoms with Crippen molar-refractivity contribution in [3.8, 4) is 5.75 Å². The van der Waals surface area contributed by atoms with Gasteiger partial charge >= 0.3 is 0 Å². The van der Waals surface area contributed by atoms with Crippen LogP contribution >= 0.6 is 0 Å². The SMILES string of the molecule is COc1ccc2c(c1)C(C)(c1ccccc1)C1CCCNC1C2. The van der Waals surface area contributed by atoms with Crippen molar-refractivity contribution in [3.05, 3.63) is 65.2 Å². The first kappa shape index (κ1) is 14.8. The van der Waals surface area contributed by atoms with Crippen molar-refractivity contribution in [2.24, 2.45) is 5.92 Å². The molecule has 1 saturated heterocycles. The van der Waals surface area contributed by atoms with Crippen molar-refractivity contribution in [3.63, 3.8) is 0 Å². The molecule has 1 aliphatic carbocycles. The number of nitrogens with one attached hydrogen (secondary N) is 1. The number of hydrogen-bond acceptors (Lipinski definition) is 2. The molecule has 0 spiro atoms. The van der Waals surface area contributed by atoms with Crippen LogP contribution < -0.4 is 10.1 Å². The summed E-state index contributed by atoms with van der Waals surface area (Å²) in [5.41, 5.74) is 4.38. The van der Waals surface area contributed by atoms with Gasteiger partial charge in [0, 0.05) is 11.5 Å². The van der Waals surface area contributed by atoms with Crippen LogP contribution in [0.25, 0.3) is 0 Å². The smallest absolute Gasteiger partial charge is 0.119 e. The van der Waals surface area contributed by atoms with Crippen molar-refractivity contribution >= 4 is 0 Å². The number of piperidine rings is 1. The lowest BCUT2D eigenvalue weighted by molar-refractivity contribution is 0.182. The lowest BCUT2D eigenvalue weighted by atomic mass is 9.57. The third-order valence-electron chi connectivity index (χ3n) is 6.02. The zero-order chi connectivity index (χ0) is 15.9. The Labute approximate surface area is 138 Å². The fraction of sp³-hybridized carbons (Fsp3) is 0.429. The molecule has 1 heterocycles. The van der Waals surface area contributed by atoms with E-state index in [-0.39, 0.29) is 5.41 Å². The van der Waals surface area contributed by atoms with Crippen molar-refractivity contribution < 1.29 is 4.74 Å². The van der Waals surface area contributed by atoms with E-state index in [0.29, 0.717) is 12.0 Å². The first-order valence-corrected chi connectivity index (χ1v) is 8.70. The normalized spacial score (nSPS) is 29.5. The summed E-state index contributed by atoms with van der Waals surface area (Å²) in [6.45, 7) is 3.59. The molecule has 2 aromatic rings. The van der Waals surface area contributed by atoms with Gasteiger partial charge in [-0.3, -0.25) is 0 Å². The highest BCUT2D eigenvalue weighted by Crippen LogP contribution is 2.49. The van der Waals surface area contributed by atoms with Gasteiger partial charge in [0.2, 0.25) is 0 Å². The van der Waals surface area contributed by atoms with Crippen LogP contribution in [0, 0.1) is 5.92 Å². The largest absolute Gasteiger partial charge is 0.497 e. The van der Waals surface area contributed by atoms with Crippen LogP contribution in [-0.4, -0.2) is 19.7 Å². The van der Waals surface area contributed by atoms with Crippen LogP contribution in [0.15, 0.2) is 48.5 Å². The Kier molecular flexibility index (Phi) is 3.65. The molecule has 3 atom stereocenters. The number of rotatable bonds is 2. The van der Waals surface area contributed by atoms with Gasteiger partial charge in [0.1, 0.15) is 5.75 Å². The Bertz CT molecular complexity index is 696. The highest BCUT2D eigenvalue weighted by atomic mass is 16.5. The van der Waals surface area contributed by atoms with E-state index in [1.807, 2.05) is 0 Å². The Morgan fingerprint density at radius 3 is 2.74 bits per heavy atom. The first-order chi connectivity index (χ1) is 11.2. The molecular weight excluding hydrogens is 282 g/mol. The minimum absolute atomic E-state index is 0.0431. The Balaban J connectivity index is 1.93. The zero-order valence-electron chi connectivity index (χ0n) is 14.0. The highest BCUT2D eigenvalue weighted by molar-refractivity contribution is 5.50. The maximum Gasteiger partial charge on any atom is 0.119 e. The van der Waals surface area contributed by atoms with Crippen molar-refractivity contribution in [2.45, 2.75) is 37.6 Å². The van der Waals surface area contributed by atoms with Gasteiger partial charge in [-0.2, -0.15) is 0 Å². The van der Waals surface area contributed by atoms with Crippen LogP contribution in [0.1, 0.15) is 36.5 Å². The lowest BCUT2D eigenvalue weighted by Gasteiger charge is -2.50. The molecule has 1 aliphatic heterocycles. The van der Waals surface area contributed by atoms with E-state index in [1.54, 1.807) is 7.11 Å². The molecule has 2 aliphatic rings. The third-order valence-corrected chi connectivity index (χ3v) is 6.02. The standard InChI is InChI=1S/C21H25NO/c1-21(16-7-4-3-5-8-16)18-9-6-12-22-20(18)13-15-10-11-17(23-2)14-19(15)21/h3-5,7-8,10-11,14,18,20,22H,6,9,12-13H2,1-2H3. The van der Waals surface area contributed by atoms with Crippen LogP contribution in [0.4, 0.5) is 0 Å². The summed E-state index contributed by atoms with van der Waals surface area (Å²) in [6, 6.07) is 18.2. The minimum atomic E-state index is 0.0431. The predicted molar refractivity (Wildman–Crippen MR) is 94.1 cm³/mol. The first-order valence-electron chi connectivity index (χ1n) is 8.70. The highest BCUT2D eigenvalue weighted by Gasteiger charge is 2.47. The van der Waals surface area contributed by atoms with Gasteiger partial charge in [-0.15, -0.1) is 0 Å². The molecular formula is C21H25NO. The second kappa shape index (κ2) is 5.68. The van der Waals surface area contributed by atoms with Crippen LogP contribution in [-0.2, 0) is 11.8 Å². The van der Waals surface area contributed by atoms with E-state index >= 15 is 0 Å². The van der Waals surface area contributed by atoms with Gasteiger partial charge in [0.05, 0.1) is 7.11 Å². The zero-order valence-corrected chi connectivity index (χ0v) is 14.0. The summed E-state index contributed by atoms with van der Waals surface area (Å²) in [4.78, 5) is 0. The van der Waals surface area contributed by atoms with Crippen molar-refractivity contribution in [1.82, 2.24) is 5.32 Å². The van der Waals surface area contributed by atoms with Crippen molar-refractivity contribution in [2.75, 3.05) is 13.7 Å². The van der Waals surface area contributed by atoms with E-state index in [0.717, 1.165) is 18.7 Å². The van der Waals surface area contributed by atoms with E-state index in [4.69, 9.17) is 4.74 Å². The molecule has 4 rings (SSSR count). The van der Waals surface area contributed by atoms with Crippen molar-refractivity contribution in [1.29, 1.82) is 0 Å². The maximum atomic E-state index is 5.53. The third kappa shape index (κ3) is 2.28. The van der Waals surface area contributed by atoms with E-state index in [9.17, 15) is 0 Å². The number of hydrogen-bond donors (Lipinski definition) is 1. The monoisotopic (exact) mass is 307 g/mol. The fourth-order valence-electron chi connectivity index (χ4n) is 4.79. The lowest BCUT2D eigenvalue weighted by Crippen LogP contribution is -2.54. The number of benzene rings is 2. The second-order valence-corrected chi connectivity index (χ2v) is 7.10. The average Bonchev–Trinajstić information content (AvgIpc) is 2.62. The average molecular weight is 307 g/mol. The molecule has 0 amide bonds. The molecule has 1 N–H and O–H groups in total. The number of fused-ring (bicyclic) bond motifs is 2. The summed E-state index contributed by atoms with van der Waals surface area (Å²) in [5.74, 6) is 1.60. The molecule has 0 bridgehead atoms. The summed E-state index contributed by atoms with van der Waals surface area (Å²) in [5, 5.41) is 3.78. The summed E-state index contributed by atoms with van der Waals surface area (Å²) in [6.07, 6.45) is 3.69. The predicted octanol–water partition coefficient (Wildman–Crippen LogP) is 3.93. The molecule has 0 radical (unpaired) electrons. The van der Waals surface area contributed by atoms with Gasteiger partial charge < -0.3 is 10.1 Å². The second-order valence-electron chi connectivity index (χ2n) is 7.10. The van der Waals surface area contributed by atoms with Crippen LogP contribution in [0.3, 0.4) is 0 Å². The quantitative estimate of drug-likeness (QED) is 0.908. The van der Waals surface area contributed by atoms with Gasteiger partial charge in [-0.05, 0) is 60.5 Å².